The lowest BCUT2D eigenvalue weighted by molar-refractivity contribution is 0.465. The maximum Gasteiger partial charge on any atom is 0.227 e. The number of rotatable bonds is 4. The molecular formula is C22H17N5O. The summed E-state index contributed by atoms with van der Waals surface area (Å²) in [5, 5.41) is 12.6. The second-order valence-corrected chi connectivity index (χ2v) is 6.52. The van der Waals surface area contributed by atoms with E-state index in [1.54, 1.807) is 12.4 Å². The van der Waals surface area contributed by atoms with Crippen LogP contribution in [0.3, 0.4) is 0 Å². The average Bonchev–Trinajstić information content (AvgIpc) is 3.13. The second kappa shape index (κ2) is 6.66. The minimum Gasteiger partial charge on any atom is -0.438 e. The Morgan fingerprint density at radius 2 is 1.86 bits per heavy atom. The highest BCUT2D eigenvalue weighted by atomic mass is 16.5. The molecule has 0 aliphatic rings. The van der Waals surface area contributed by atoms with E-state index in [0.717, 1.165) is 38.8 Å². The van der Waals surface area contributed by atoms with E-state index in [9.17, 15) is 0 Å². The number of hydrogen-bond acceptors (Lipinski definition) is 5. The first-order chi connectivity index (χ1) is 13.8. The van der Waals surface area contributed by atoms with Crippen molar-refractivity contribution in [2.45, 2.75) is 6.92 Å². The van der Waals surface area contributed by atoms with E-state index in [1.807, 2.05) is 67.6 Å². The van der Waals surface area contributed by atoms with Crippen LogP contribution in [0.2, 0.25) is 0 Å². The van der Waals surface area contributed by atoms with Gasteiger partial charge < -0.3 is 10.1 Å². The van der Waals surface area contributed by atoms with Gasteiger partial charge >= 0.3 is 0 Å². The van der Waals surface area contributed by atoms with Crippen molar-refractivity contribution in [3.63, 3.8) is 0 Å². The second-order valence-electron chi connectivity index (χ2n) is 6.52. The summed E-state index contributed by atoms with van der Waals surface area (Å²) in [6.45, 7) is 2.02. The third kappa shape index (κ3) is 2.91. The zero-order valence-electron chi connectivity index (χ0n) is 15.2. The van der Waals surface area contributed by atoms with E-state index >= 15 is 0 Å². The number of pyridine rings is 2. The molecule has 0 unspecified atom stereocenters. The van der Waals surface area contributed by atoms with Gasteiger partial charge in [-0.1, -0.05) is 18.2 Å². The van der Waals surface area contributed by atoms with Gasteiger partial charge in [0, 0.05) is 23.5 Å². The molecule has 2 N–H and O–H groups in total. The van der Waals surface area contributed by atoms with Crippen molar-refractivity contribution in [2.75, 3.05) is 5.32 Å². The maximum absolute atomic E-state index is 6.07. The third-order valence-corrected chi connectivity index (χ3v) is 4.61. The van der Waals surface area contributed by atoms with Crippen molar-refractivity contribution in [1.29, 1.82) is 0 Å². The molecule has 5 aromatic rings. The highest BCUT2D eigenvalue weighted by Crippen LogP contribution is 2.32. The zero-order valence-corrected chi connectivity index (χ0v) is 15.2. The van der Waals surface area contributed by atoms with Gasteiger partial charge in [0.1, 0.15) is 11.3 Å². The molecule has 0 spiro atoms. The van der Waals surface area contributed by atoms with Crippen molar-refractivity contribution >= 4 is 33.3 Å². The van der Waals surface area contributed by atoms with Crippen LogP contribution in [-0.4, -0.2) is 20.2 Å². The van der Waals surface area contributed by atoms with Gasteiger partial charge in [0.05, 0.1) is 5.52 Å². The molecule has 5 rings (SSSR count). The number of anilines is 2. The van der Waals surface area contributed by atoms with Crippen molar-refractivity contribution in [3.05, 3.63) is 78.6 Å². The number of ether oxygens (including phenoxy) is 1. The summed E-state index contributed by atoms with van der Waals surface area (Å²) >= 11 is 0. The topological polar surface area (TPSA) is 75.7 Å². The summed E-state index contributed by atoms with van der Waals surface area (Å²) in [7, 11) is 0. The SMILES string of the molecule is Cc1ccccc1Oc1nccc2cc(Nc3n[nH]c4cccnc34)ccc12. The van der Waals surface area contributed by atoms with Crippen LogP contribution in [-0.2, 0) is 0 Å². The number of aryl methyl sites for hydroxylation is 1. The summed E-state index contributed by atoms with van der Waals surface area (Å²) in [6, 6.07) is 19.7. The molecular weight excluding hydrogens is 350 g/mol. The molecule has 2 aromatic carbocycles. The fourth-order valence-electron chi connectivity index (χ4n) is 3.16. The molecule has 3 heterocycles. The molecule has 0 aliphatic heterocycles. The number of aromatic amines is 1. The van der Waals surface area contributed by atoms with Crippen LogP contribution in [0.15, 0.2) is 73.1 Å². The Labute approximate surface area is 161 Å². The fourth-order valence-corrected chi connectivity index (χ4v) is 3.16. The standard InChI is InChI=1S/C22H17N5O/c1-14-5-2-3-7-19(14)28-22-17-9-8-16(13-15(17)10-12-24-22)25-21-20-18(26-27-21)6-4-11-23-20/h2-13H,1H3,(H2,25,26,27). The van der Waals surface area contributed by atoms with Gasteiger partial charge in [0.15, 0.2) is 5.82 Å². The molecule has 0 aliphatic carbocycles. The van der Waals surface area contributed by atoms with Crippen molar-refractivity contribution in [2.24, 2.45) is 0 Å². The minimum atomic E-state index is 0.588. The van der Waals surface area contributed by atoms with E-state index < -0.39 is 0 Å². The van der Waals surface area contributed by atoms with E-state index in [-0.39, 0.29) is 0 Å². The van der Waals surface area contributed by atoms with Gasteiger partial charge in [0.25, 0.3) is 0 Å². The minimum absolute atomic E-state index is 0.588. The Bertz CT molecular complexity index is 1290. The van der Waals surface area contributed by atoms with E-state index in [2.05, 4.69) is 25.5 Å². The van der Waals surface area contributed by atoms with Gasteiger partial charge in [-0.2, -0.15) is 5.10 Å². The van der Waals surface area contributed by atoms with E-state index in [1.165, 1.54) is 0 Å². The van der Waals surface area contributed by atoms with Crippen LogP contribution >= 0.6 is 0 Å². The van der Waals surface area contributed by atoms with Crippen LogP contribution in [0, 0.1) is 6.92 Å². The molecule has 6 nitrogen and oxygen atoms in total. The van der Waals surface area contributed by atoms with Crippen LogP contribution < -0.4 is 10.1 Å². The Morgan fingerprint density at radius 1 is 0.929 bits per heavy atom. The molecule has 0 saturated heterocycles. The lowest BCUT2D eigenvalue weighted by Gasteiger charge is -2.11. The molecule has 3 aromatic heterocycles. The Morgan fingerprint density at radius 3 is 2.79 bits per heavy atom. The van der Waals surface area contributed by atoms with E-state index in [0.29, 0.717) is 11.7 Å². The normalized spacial score (nSPS) is 11.0. The first-order valence-corrected chi connectivity index (χ1v) is 8.96. The van der Waals surface area contributed by atoms with Gasteiger partial charge in [-0.25, -0.2) is 4.98 Å². The smallest absolute Gasteiger partial charge is 0.227 e. The number of aromatic nitrogens is 4. The summed E-state index contributed by atoms with van der Waals surface area (Å²) in [4.78, 5) is 8.80. The Hall–Kier alpha value is -3.93. The number of nitrogens with zero attached hydrogens (tertiary/aromatic N) is 3. The lowest BCUT2D eigenvalue weighted by atomic mass is 10.1. The summed E-state index contributed by atoms with van der Waals surface area (Å²) in [5.41, 5.74) is 3.68. The van der Waals surface area contributed by atoms with Crippen LogP contribution in [0.4, 0.5) is 11.5 Å². The van der Waals surface area contributed by atoms with Gasteiger partial charge in [0.2, 0.25) is 5.88 Å². The predicted molar refractivity (Wildman–Crippen MR) is 110 cm³/mol. The summed E-state index contributed by atoms with van der Waals surface area (Å²) in [5.74, 6) is 2.09. The summed E-state index contributed by atoms with van der Waals surface area (Å²) in [6.07, 6.45) is 3.51. The number of benzene rings is 2. The summed E-state index contributed by atoms with van der Waals surface area (Å²) < 4.78 is 6.07. The first-order valence-electron chi connectivity index (χ1n) is 8.96. The van der Waals surface area contributed by atoms with Gasteiger partial charge in [-0.05, 0) is 60.3 Å². The number of nitrogens with one attached hydrogen (secondary N) is 2. The Kier molecular flexibility index (Phi) is 3.87. The monoisotopic (exact) mass is 367 g/mol. The highest BCUT2D eigenvalue weighted by molar-refractivity contribution is 5.92. The molecule has 0 amide bonds. The van der Waals surface area contributed by atoms with Crippen molar-refractivity contribution in [3.8, 4) is 11.6 Å². The molecule has 0 atom stereocenters. The molecule has 0 fully saturated rings. The molecule has 28 heavy (non-hydrogen) atoms. The van der Waals surface area contributed by atoms with Gasteiger partial charge in [-0.3, -0.25) is 10.1 Å². The third-order valence-electron chi connectivity index (χ3n) is 4.61. The van der Waals surface area contributed by atoms with Crippen LogP contribution in [0.25, 0.3) is 21.8 Å². The number of fused-ring (bicyclic) bond motifs is 2. The molecule has 0 bridgehead atoms. The van der Waals surface area contributed by atoms with Gasteiger partial charge in [-0.15, -0.1) is 0 Å². The maximum atomic E-state index is 6.07. The number of para-hydroxylation sites is 1. The Balaban J connectivity index is 1.49. The largest absolute Gasteiger partial charge is 0.438 e. The molecule has 136 valence electrons. The zero-order chi connectivity index (χ0) is 18.9. The quantitative estimate of drug-likeness (QED) is 0.448. The lowest BCUT2D eigenvalue weighted by Crippen LogP contribution is -1.94. The molecule has 6 heteroatoms. The number of hydrogen-bond donors (Lipinski definition) is 2. The van der Waals surface area contributed by atoms with E-state index in [4.69, 9.17) is 4.74 Å². The van der Waals surface area contributed by atoms with Crippen LogP contribution in [0.5, 0.6) is 11.6 Å². The predicted octanol–water partition coefficient (Wildman–Crippen LogP) is 5.35. The van der Waals surface area contributed by atoms with Crippen molar-refractivity contribution in [1.82, 2.24) is 20.2 Å². The highest BCUT2D eigenvalue weighted by Gasteiger charge is 2.10. The molecule has 0 saturated carbocycles. The first kappa shape index (κ1) is 16.3. The van der Waals surface area contributed by atoms with Crippen LogP contribution in [0.1, 0.15) is 5.56 Å². The van der Waals surface area contributed by atoms with Crippen molar-refractivity contribution < 1.29 is 4.74 Å². The average molecular weight is 367 g/mol. The number of H-pyrrole nitrogens is 1. The fraction of sp³-hybridized carbons (Fsp3) is 0.0455. The molecule has 0 radical (unpaired) electrons.